The topological polar surface area (TPSA) is 12.0 Å². The zero-order valence-electron chi connectivity index (χ0n) is 17.1. The number of hydrogen-bond acceptors (Lipinski definition) is 1. The highest BCUT2D eigenvalue weighted by Gasteiger charge is 2.24. The van der Waals surface area contributed by atoms with E-state index in [2.05, 4.69) is 11.2 Å². The molecule has 3 aromatic rings. The first-order valence-electron chi connectivity index (χ1n) is 9.86. The molecule has 0 amide bonds. The number of hydrogen-bond donors (Lipinski definition) is 1. The van der Waals surface area contributed by atoms with Crippen molar-refractivity contribution in [2.24, 2.45) is 0 Å². The van der Waals surface area contributed by atoms with Crippen molar-refractivity contribution in [1.82, 2.24) is 0 Å². The SMILES string of the molecule is C#CC(C)(CCCc1ccc(F)c(Nc2ccc(C)cc2)c1)c1ccc(F)c(Cl)c1. The second-order valence-corrected chi connectivity index (χ2v) is 8.17. The molecule has 0 spiro atoms. The van der Waals surface area contributed by atoms with Gasteiger partial charge in [-0.05, 0) is 80.6 Å². The number of halogens is 3. The van der Waals surface area contributed by atoms with Crippen LogP contribution in [-0.4, -0.2) is 0 Å². The van der Waals surface area contributed by atoms with E-state index in [1.54, 1.807) is 18.2 Å². The number of benzene rings is 3. The summed E-state index contributed by atoms with van der Waals surface area (Å²) in [6.07, 6.45) is 8.04. The van der Waals surface area contributed by atoms with E-state index < -0.39 is 11.2 Å². The Hall–Kier alpha value is -2.83. The molecule has 0 saturated carbocycles. The lowest BCUT2D eigenvalue weighted by Gasteiger charge is -2.24. The Balaban J connectivity index is 1.68. The zero-order chi connectivity index (χ0) is 21.7. The Bertz CT molecular complexity index is 1070. The Kier molecular flexibility index (Phi) is 6.80. The van der Waals surface area contributed by atoms with Crippen molar-refractivity contribution in [3.05, 3.63) is 94.0 Å². The highest BCUT2D eigenvalue weighted by molar-refractivity contribution is 6.30. The Labute approximate surface area is 182 Å². The van der Waals surface area contributed by atoms with Crippen molar-refractivity contribution < 1.29 is 8.78 Å². The molecule has 3 aromatic carbocycles. The molecular formula is C26H24ClF2N. The minimum Gasteiger partial charge on any atom is -0.353 e. The molecule has 0 fully saturated rings. The smallest absolute Gasteiger partial charge is 0.146 e. The lowest BCUT2D eigenvalue weighted by molar-refractivity contribution is 0.531. The van der Waals surface area contributed by atoms with Crippen LogP contribution in [0.3, 0.4) is 0 Å². The third-order valence-corrected chi connectivity index (χ3v) is 5.67. The van der Waals surface area contributed by atoms with Crippen molar-refractivity contribution in [3.8, 4) is 12.3 Å². The lowest BCUT2D eigenvalue weighted by atomic mass is 9.78. The molecule has 1 atom stereocenters. The van der Waals surface area contributed by atoms with Crippen molar-refractivity contribution in [2.75, 3.05) is 5.32 Å². The molecule has 0 radical (unpaired) electrons. The molecule has 0 aliphatic heterocycles. The van der Waals surface area contributed by atoms with Crippen LogP contribution < -0.4 is 5.32 Å². The number of rotatable bonds is 7. The first kappa shape index (κ1) is 21.9. The summed E-state index contributed by atoms with van der Waals surface area (Å²) >= 11 is 5.93. The summed E-state index contributed by atoms with van der Waals surface area (Å²) in [5.41, 5.74) is 3.71. The van der Waals surface area contributed by atoms with Gasteiger partial charge in [-0.25, -0.2) is 8.78 Å². The van der Waals surface area contributed by atoms with Gasteiger partial charge in [0.25, 0.3) is 0 Å². The van der Waals surface area contributed by atoms with Gasteiger partial charge in [0.2, 0.25) is 0 Å². The number of anilines is 2. The van der Waals surface area contributed by atoms with Crippen molar-refractivity contribution in [1.29, 1.82) is 0 Å². The van der Waals surface area contributed by atoms with E-state index in [0.29, 0.717) is 12.1 Å². The van der Waals surface area contributed by atoms with E-state index in [0.717, 1.165) is 35.2 Å². The maximum atomic E-state index is 14.3. The molecule has 0 saturated heterocycles. The molecule has 30 heavy (non-hydrogen) atoms. The van der Waals surface area contributed by atoms with E-state index in [1.807, 2.05) is 44.2 Å². The fourth-order valence-corrected chi connectivity index (χ4v) is 3.58. The van der Waals surface area contributed by atoms with Gasteiger partial charge in [0.15, 0.2) is 0 Å². The quantitative estimate of drug-likeness (QED) is 0.386. The molecule has 0 heterocycles. The molecule has 4 heteroatoms. The predicted octanol–water partition coefficient (Wildman–Crippen LogP) is 7.58. The molecule has 154 valence electrons. The molecule has 0 aliphatic rings. The van der Waals surface area contributed by atoms with E-state index in [9.17, 15) is 8.78 Å². The molecule has 1 unspecified atom stereocenters. The fourth-order valence-electron chi connectivity index (χ4n) is 3.40. The van der Waals surface area contributed by atoms with Crippen molar-refractivity contribution >= 4 is 23.0 Å². The predicted molar refractivity (Wildman–Crippen MR) is 121 cm³/mol. The fraction of sp³-hybridized carbons (Fsp3) is 0.231. The van der Waals surface area contributed by atoms with E-state index in [1.165, 1.54) is 12.1 Å². The van der Waals surface area contributed by atoms with Gasteiger partial charge in [0, 0.05) is 5.69 Å². The summed E-state index contributed by atoms with van der Waals surface area (Å²) in [4.78, 5) is 0. The molecular weight excluding hydrogens is 400 g/mol. The van der Waals surface area contributed by atoms with Gasteiger partial charge >= 0.3 is 0 Å². The third-order valence-electron chi connectivity index (χ3n) is 5.38. The van der Waals surface area contributed by atoms with Crippen LogP contribution in [0.15, 0.2) is 60.7 Å². The summed E-state index contributed by atoms with van der Waals surface area (Å²) in [6.45, 7) is 3.96. The van der Waals surface area contributed by atoms with Crippen LogP contribution in [0.1, 0.15) is 36.5 Å². The Morgan fingerprint density at radius 2 is 1.70 bits per heavy atom. The van der Waals surface area contributed by atoms with Gasteiger partial charge in [-0.1, -0.05) is 47.4 Å². The first-order valence-corrected chi connectivity index (χ1v) is 10.2. The number of nitrogens with one attached hydrogen (secondary N) is 1. The van der Waals surface area contributed by atoms with E-state index in [-0.39, 0.29) is 10.8 Å². The van der Waals surface area contributed by atoms with Gasteiger partial charge in [0.1, 0.15) is 11.6 Å². The van der Waals surface area contributed by atoms with Crippen LogP contribution in [0.5, 0.6) is 0 Å². The van der Waals surface area contributed by atoms with Gasteiger partial charge in [-0.2, -0.15) is 0 Å². The minimum absolute atomic E-state index is 0.0688. The summed E-state index contributed by atoms with van der Waals surface area (Å²) in [5, 5.41) is 3.21. The van der Waals surface area contributed by atoms with E-state index in [4.69, 9.17) is 18.0 Å². The van der Waals surface area contributed by atoms with Gasteiger partial charge < -0.3 is 5.32 Å². The highest BCUT2D eigenvalue weighted by Crippen LogP contribution is 2.32. The molecule has 3 rings (SSSR count). The summed E-state index contributed by atoms with van der Waals surface area (Å²) < 4.78 is 27.8. The Morgan fingerprint density at radius 1 is 1.00 bits per heavy atom. The average Bonchev–Trinajstić information content (AvgIpc) is 2.73. The summed E-state index contributed by atoms with van der Waals surface area (Å²) in [6, 6.07) is 17.5. The van der Waals surface area contributed by atoms with Gasteiger partial charge in [0.05, 0.1) is 16.1 Å². The maximum absolute atomic E-state index is 14.3. The standard InChI is InChI=1S/C26H24ClF2N/c1-4-26(3,20-10-14-23(28)22(27)17-20)15-5-6-19-9-13-24(29)25(16-19)30-21-11-7-18(2)8-12-21/h1,7-14,16-17,30H,5-6,15H2,2-3H3. The molecule has 0 bridgehead atoms. The zero-order valence-corrected chi connectivity index (χ0v) is 17.9. The van der Waals surface area contributed by atoms with Crippen molar-refractivity contribution in [2.45, 2.75) is 38.5 Å². The van der Waals surface area contributed by atoms with Crippen LogP contribution in [0, 0.1) is 30.9 Å². The Morgan fingerprint density at radius 3 is 2.37 bits per heavy atom. The van der Waals surface area contributed by atoms with Gasteiger partial charge in [-0.3, -0.25) is 0 Å². The largest absolute Gasteiger partial charge is 0.353 e. The summed E-state index contributed by atoms with van der Waals surface area (Å²) in [5.74, 6) is 2.08. The normalized spacial score (nSPS) is 12.8. The molecule has 0 aliphatic carbocycles. The van der Waals surface area contributed by atoms with Gasteiger partial charge in [-0.15, -0.1) is 6.42 Å². The maximum Gasteiger partial charge on any atom is 0.146 e. The number of terminal acetylenes is 1. The second kappa shape index (κ2) is 9.32. The van der Waals surface area contributed by atoms with E-state index >= 15 is 0 Å². The molecule has 1 nitrogen and oxygen atoms in total. The number of aryl methyl sites for hydroxylation is 2. The average molecular weight is 424 g/mol. The lowest BCUT2D eigenvalue weighted by Crippen LogP contribution is -2.20. The minimum atomic E-state index is -0.555. The highest BCUT2D eigenvalue weighted by atomic mass is 35.5. The molecule has 0 aromatic heterocycles. The first-order chi connectivity index (χ1) is 14.3. The monoisotopic (exact) mass is 423 g/mol. The van der Waals surface area contributed by atoms with Crippen LogP contribution in [0.25, 0.3) is 0 Å². The van der Waals surface area contributed by atoms with Crippen LogP contribution in [-0.2, 0) is 11.8 Å². The van der Waals surface area contributed by atoms with Crippen molar-refractivity contribution in [3.63, 3.8) is 0 Å². The van der Waals surface area contributed by atoms with Crippen LogP contribution >= 0.6 is 11.6 Å². The summed E-state index contributed by atoms with van der Waals surface area (Å²) in [7, 11) is 0. The van der Waals surface area contributed by atoms with Crippen LogP contribution in [0.4, 0.5) is 20.2 Å². The third kappa shape index (κ3) is 5.20. The molecule has 1 N–H and O–H groups in total. The van der Waals surface area contributed by atoms with Crippen LogP contribution in [0.2, 0.25) is 5.02 Å². The second-order valence-electron chi connectivity index (χ2n) is 7.76.